The van der Waals surface area contributed by atoms with Crippen LogP contribution in [0.2, 0.25) is 0 Å². The molecule has 1 saturated heterocycles. The molecule has 0 N–H and O–H groups in total. The summed E-state index contributed by atoms with van der Waals surface area (Å²) in [6, 6.07) is 4.78. The molecular weight excluding hydrogens is 382 g/mol. The summed E-state index contributed by atoms with van der Waals surface area (Å²) in [5, 5.41) is 0. The zero-order valence-corrected chi connectivity index (χ0v) is 15.3. The van der Waals surface area contributed by atoms with E-state index in [2.05, 4.69) is 4.99 Å². The van der Waals surface area contributed by atoms with Gasteiger partial charge < -0.3 is 0 Å². The molecule has 10 heteroatoms. The van der Waals surface area contributed by atoms with Gasteiger partial charge in [0.1, 0.15) is 5.82 Å². The molecule has 130 valence electrons. The van der Waals surface area contributed by atoms with Gasteiger partial charge in [-0.2, -0.15) is 0 Å². The second kappa shape index (κ2) is 6.84. The molecule has 1 aromatic carbocycles. The van der Waals surface area contributed by atoms with E-state index >= 15 is 0 Å². The number of urea groups is 1. The highest BCUT2D eigenvalue weighted by Crippen LogP contribution is 2.34. The molecule has 1 aliphatic rings. The molecule has 0 aliphatic carbocycles. The predicted octanol–water partition coefficient (Wildman–Crippen LogP) is 2.88. The average molecular weight is 396 g/mol. The number of amidine groups is 1. The summed E-state index contributed by atoms with van der Waals surface area (Å²) in [7, 11) is 4.45. The maximum Gasteiger partial charge on any atom is 0.337 e. The number of amides is 3. The number of halogens is 4. The van der Waals surface area contributed by atoms with Gasteiger partial charge in [0.25, 0.3) is 5.91 Å². The zero-order valence-electron chi connectivity index (χ0n) is 13.0. The number of nitrogens with zero attached hydrogens (tertiary/aromatic N) is 4. The van der Waals surface area contributed by atoms with Crippen LogP contribution in [0.15, 0.2) is 29.3 Å². The number of likely N-dealkylation sites (N-methyl/N-ethyl adjacent to an activating group) is 1. The van der Waals surface area contributed by atoms with Crippen LogP contribution in [-0.2, 0) is 4.79 Å². The average Bonchev–Trinajstić information content (AvgIpc) is 2.68. The van der Waals surface area contributed by atoms with E-state index in [0.717, 1.165) is 9.80 Å². The molecule has 1 atom stereocenters. The Labute approximate surface area is 153 Å². The first-order valence-electron chi connectivity index (χ1n) is 6.73. The van der Waals surface area contributed by atoms with Crippen molar-refractivity contribution in [2.45, 2.75) is 9.96 Å². The maximum absolute atomic E-state index is 14.1. The molecule has 0 saturated carbocycles. The van der Waals surface area contributed by atoms with Gasteiger partial charge in [-0.15, -0.1) is 0 Å². The molecule has 1 fully saturated rings. The highest BCUT2D eigenvalue weighted by atomic mass is 35.6. The minimum absolute atomic E-state index is 0.110. The molecule has 1 heterocycles. The number of aliphatic imine (C=N–C) groups is 1. The van der Waals surface area contributed by atoms with Crippen LogP contribution in [0.5, 0.6) is 0 Å². The number of carbonyl (C=O) groups is 2. The molecule has 6 nitrogen and oxygen atoms in total. The standard InChI is InChI=1S/C14H14Cl3FN4O2/c1-20(2)12(14(15,16)17)19-10-11(23)21(3)13(24)22(10)9-7-5-4-6-8(9)18/h4-7,12H,1-3H3. The quantitative estimate of drug-likeness (QED) is 0.584. The number of carbonyl (C=O) groups excluding carboxylic acids is 2. The van der Waals surface area contributed by atoms with Gasteiger partial charge in [-0.1, -0.05) is 46.9 Å². The van der Waals surface area contributed by atoms with E-state index in [4.69, 9.17) is 34.8 Å². The van der Waals surface area contributed by atoms with E-state index < -0.39 is 27.7 Å². The van der Waals surface area contributed by atoms with Crippen LogP contribution in [0.3, 0.4) is 0 Å². The summed E-state index contributed by atoms with van der Waals surface area (Å²) in [6.45, 7) is 0. The predicted molar refractivity (Wildman–Crippen MR) is 92.2 cm³/mol. The summed E-state index contributed by atoms with van der Waals surface area (Å²) in [4.78, 5) is 32.0. The summed E-state index contributed by atoms with van der Waals surface area (Å²) < 4.78 is 12.2. The third-order valence-electron chi connectivity index (χ3n) is 3.31. The van der Waals surface area contributed by atoms with Crippen LogP contribution in [-0.4, -0.2) is 58.7 Å². The minimum atomic E-state index is -1.86. The van der Waals surface area contributed by atoms with Crippen LogP contribution in [0.4, 0.5) is 14.9 Å². The lowest BCUT2D eigenvalue weighted by molar-refractivity contribution is -0.119. The zero-order chi connectivity index (χ0) is 18.2. The van der Waals surface area contributed by atoms with Crippen molar-refractivity contribution in [3.63, 3.8) is 0 Å². The van der Waals surface area contributed by atoms with E-state index in [0.29, 0.717) is 0 Å². The van der Waals surface area contributed by atoms with Crippen molar-refractivity contribution in [3.05, 3.63) is 30.1 Å². The molecule has 0 aromatic heterocycles. The normalized spacial score (nSPS) is 18.9. The first-order valence-corrected chi connectivity index (χ1v) is 7.86. The fraction of sp³-hybridized carbons (Fsp3) is 0.357. The van der Waals surface area contributed by atoms with E-state index in [9.17, 15) is 14.0 Å². The number of para-hydroxylation sites is 1. The van der Waals surface area contributed by atoms with Crippen LogP contribution in [0.1, 0.15) is 0 Å². The van der Waals surface area contributed by atoms with E-state index in [-0.39, 0.29) is 11.5 Å². The Morgan fingerprint density at radius 1 is 1.21 bits per heavy atom. The molecule has 1 aliphatic heterocycles. The van der Waals surface area contributed by atoms with Gasteiger partial charge in [0.2, 0.25) is 9.63 Å². The molecule has 0 spiro atoms. The first-order chi connectivity index (χ1) is 11.1. The van der Waals surface area contributed by atoms with Gasteiger partial charge in [0.05, 0.1) is 5.69 Å². The minimum Gasteiger partial charge on any atom is -0.284 e. The van der Waals surface area contributed by atoms with E-state index in [1.807, 2.05) is 0 Å². The van der Waals surface area contributed by atoms with Gasteiger partial charge in [-0.25, -0.2) is 19.1 Å². The van der Waals surface area contributed by atoms with Gasteiger partial charge in [0, 0.05) is 7.05 Å². The van der Waals surface area contributed by atoms with Crippen molar-refractivity contribution >= 4 is 58.3 Å². The Kier molecular flexibility index (Phi) is 5.39. The van der Waals surface area contributed by atoms with Crippen molar-refractivity contribution in [3.8, 4) is 0 Å². The summed E-state index contributed by atoms with van der Waals surface area (Å²) in [5.41, 5.74) is -0.110. The highest BCUT2D eigenvalue weighted by molar-refractivity contribution is 6.68. The largest absolute Gasteiger partial charge is 0.337 e. The lowest BCUT2D eigenvalue weighted by Gasteiger charge is -2.27. The van der Waals surface area contributed by atoms with Crippen LogP contribution < -0.4 is 4.90 Å². The molecule has 1 aromatic rings. The second-order valence-electron chi connectivity index (χ2n) is 5.27. The van der Waals surface area contributed by atoms with Crippen LogP contribution in [0.25, 0.3) is 0 Å². The lowest BCUT2D eigenvalue weighted by Crippen LogP contribution is -2.41. The number of anilines is 1. The van der Waals surface area contributed by atoms with Crippen molar-refractivity contribution in [1.82, 2.24) is 9.80 Å². The first kappa shape index (κ1) is 18.9. The Balaban J connectivity index is 2.60. The second-order valence-corrected chi connectivity index (χ2v) is 7.63. The summed E-state index contributed by atoms with van der Waals surface area (Å²) >= 11 is 17.7. The molecule has 2 rings (SSSR count). The third kappa shape index (κ3) is 3.49. The fourth-order valence-corrected chi connectivity index (χ4v) is 2.87. The lowest BCUT2D eigenvalue weighted by atomic mass is 10.3. The monoisotopic (exact) mass is 394 g/mol. The van der Waals surface area contributed by atoms with Crippen molar-refractivity contribution < 1.29 is 14.0 Å². The Morgan fingerprint density at radius 3 is 2.29 bits per heavy atom. The Bertz CT molecular complexity index is 706. The Morgan fingerprint density at radius 2 is 1.79 bits per heavy atom. The number of hydrogen-bond donors (Lipinski definition) is 0. The molecule has 3 amide bonds. The SMILES string of the molecule is CN1C(=O)C(=NC(N(C)C)C(Cl)(Cl)Cl)N(c2ccccc2F)C1=O. The number of rotatable bonds is 3. The fourth-order valence-electron chi connectivity index (χ4n) is 2.13. The van der Waals surface area contributed by atoms with Crippen molar-refractivity contribution in [1.29, 1.82) is 0 Å². The highest BCUT2D eigenvalue weighted by Gasteiger charge is 2.45. The molecule has 1 unspecified atom stereocenters. The van der Waals surface area contributed by atoms with Crippen LogP contribution in [0, 0.1) is 5.82 Å². The van der Waals surface area contributed by atoms with Crippen molar-refractivity contribution in [2.24, 2.45) is 4.99 Å². The Hall–Kier alpha value is -1.41. The van der Waals surface area contributed by atoms with Crippen LogP contribution >= 0.6 is 34.8 Å². The van der Waals surface area contributed by atoms with Gasteiger partial charge >= 0.3 is 6.03 Å². The molecular formula is C14H14Cl3FN4O2. The van der Waals surface area contributed by atoms with Gasteiger partial charge in [-0.05, 0) is 26.2 Å². The maximum atomic E-state index is 14.1. The van der Waals surface area contributed by atoms with E-state index in [1.165, 1.54) is 36.2 Å². The number of hydrogen-bond acceptors (Lipinski definition) is 4. The topological polar surface area (TPSA) is 56.2 Å². The van der Waals surface area contributed by atoms with Gasteiger partial charge in [0.15, 0.2) is 6.17 Å². The van der Waals surface area contributed by atoms with Gasteiger partial charge in [-0.3, -0.25) is 14.6 Å². The summed E-state index contributed by atoms with van der Waals surface area (Å²) in [6.07, 6.45) is -1.06. The molecule has 0 radical (unpaired) electrons. The number of alkyl halides is 3. The van der Waals surface area contributed by atoms with E-state index in [1.54, 1.807) is 14.1 Å². The third-order valence-corrected chi connectivity index (χ3v) is 3.89. The summed E-state index contributed by atoms with van der Waals surface area (Å²) in [5.74, 6) is -1.72. The number of benzene rings is 1. The van der Waals surface area contributed by atoms with Crippen molar-refractivity contribution in [2.75, 3.05) is 26.0 Å². The molecule has 24 heavy (non-hydrogen) atoms. The smallest absolute Gasteiger partial charge is 0.284 e. The molecule has 0 bridgehead atoms. The number of imide groups is 1.